The van der Waals surface area contributed by atoms with Gasteiger partial charge in [0.1, 0.15) is 11.6 Å². The van der Waals surface area contributed by atoms with Crippen LogP contribution in [0, 0.1) is 5.92 Å². The van der Waals surface area contributed by atoms with Crippen molar-refractivity contribution in [3.8, 4) is 5.75 Å². The third kappa shape index (κ3) is 3.90. The highest BCUT2D eigenvalue weighted by Crippen LogP contribution is 2.26. The predicted octanol–water partition coefficient (Wildman–Crippen LogP) is 3.88. The summed E-state index contributed by atoms with van der Waals surface area (Å²) in [6, 6.07) is 8.32. The van der Waals surface area contributed by atoms with Crippen molar-refractivity contribution >= 4 is 0 Å². The van der Waals surface area contributed by atoms with E-state index >= 15 is 0 Å². The number of imidazole rings is 1. The summed E-state index contributed by atoms with van der Waals surface area (Å²) < 4.78 is 7.77. The fourth-order valence-electron chi connectivity index (χ4n) is 4.40. The van der Waals surface area contributed by atoms with E-state index in [4.69, 9.17) is 9.72 Å². The number of benzene rings is 1. The maximum atomic E-state index is 5.34. The molecule has 1 aromatic carbocycles. The van der Waals surface area contributed by atoms with Crippen molar-refractivity contribution < 1.29 is 4.74 Å². The van der Waals surface area contributed by atoms with Crippen LogP contribution in [-0.2, 0) is 19.5 Å². The van der Waals surface area contributed by atoms with Crippen molar-refractivity contribution in [1.82, 2.24) is 14.5 Å². The van der Waals surface area contributed by atoms with E-state index in [1.165, 1.54) is 55.7 Å². The molecule has 1 fully saturated rings. The monoisotopic (exact) mass is 339 g/mol. The Morgan fingerprint density at radius 3 is 2.88 bits per heavy atom. The summed E-state index contributed by atoms with van der Waals surface area (Å²) in [5.41, 5.74) is 2.64. The molecule has 0 spiro atoms. The Kier molecular flexibility index (Phi) is 5.07. The van der Waals surface area contributed by atoms with E-state index in [2.05, 4.69) is 33.9 Å². The van der Waals surface area contributed by atoms with Crippen LogP contribution in [-0.4, -0.2) is 34.7 Å². The van der Waals surface area contributed by atoms with E-state index < -0.39 is 0 Å². The third-order valence-electron chi connectivity index (χ3n) is 5.78. The first kappa shape index (κ1) is 16.6. The average molecular weight is 339 g/mol. The first-order chi connectivity index (χ1) is 12.3. The second kappa shape index (κ2) is 7.61. The quantitative estimate of drug-likeness (QED) is 0.828. The van der Waals surface area contributed by atoms with Crippen LogP contribution in [0.5, 0.6) is 5.75 Å². The smallest absolute Gasteiger partial charge is 0.119 e. The molecule has 1 aliphatic heterocycles. The molecule has 2 heterocycles. The van der Waals surface area contributed by atoms with Crippen LogP contribution < -0.4 is 4.74 Å². The van der Waals surface area contributed by atoms with Crippen molar-refractivity contribution in [2.24, 2.45) is 5.92 Å². The Morgan fingerprint density at radius 1 is 1.16 bits per heavy atom. The normalized spacial score (nSPS) is 18.9. The minimum atomic E-state index is 0.875. The fourth-order valence-corrected chi connectivity index (χ4v) is 4.40. The summed E-state index contributed by atoms with van der Waals surface area (Å²) in [6.07, 6.45) is 10.1. The number of ether oxygens (including phenoxy) is 1. The Bertz CT molecular complexity index is 703. The minimum absolute atomic E-state index is 0.875. The standard InChI is InChI=1S/C21H29N3O/c1-25-20-9-5-8-18(12-20)13-21-22-14-19-16-23(10-11-24(19)21)15-17-6-3-2-4-7-17/h5,8-9,12,14,17H,2-4,6-7,10-11,13,15-16H2,1H3. The highest BCUT2D eigenvalue weighted by atomic mass is 16.5. The number of hydrogen-bond acceptors (Lipinski definition) is 3. The summed E-state index contributed by atoms with van der Waals surface area (Å²) in [5, 5.41) is 0. The summed E-state index contributed by atoms with van der Waals surface area (Å²) >= 11 is 0. The Balaban J connectivity index is 1.41. The molecule has 0 radical (unpaired) electrons. The predicted molar refractivity (Wildman–Crippen MR) is 99.9 cm³/mol. The number of methoxy groups -OCH3 is 1. The number of hydrogen-bond donors (Lipinski definition) is 0. The zero-order chi connectivity index (χ0) is 17.1. The van der Waals surface area contributed by atoms with Gasteiger partial charge in [-0.25, -0.2) is 4.98 Å². The molecule has 2 aromatic rings. The molecule has 0 atom stereocenters. The Labute approximate surface area is 150 Å². The lowest BCUT2D eigenvalue weighted by atomic mass is 9.89. The highest BCUT2D eigenvalue weighted by Gasteiger charge is 2.23. The van der Waals surface area contributed by atoms with Crippen molar-refractivity contribution in [2.75, 3.05) is 20.2 Å². The topological polar surface area (TPSA) is 30.3 Å². The summed E-state index contributed by atoms with van der Waals surface area (Å²) in [7, 11) is 1.72. The molecule has 2 aliphatic rings. The lowest BCUT2D eigenvalue weighted by Gasteiger charge is -2.33. The Hall–Kier alpha value is -1.81. The van der Waals surface area contributed by atoms with Gasteiger partial charge in [0.25, 0.3) is 0 Å². The van der Waals surface area contributed by atoms with Crippen LogP contribution in [0.4, 0.5) is 0 Å². The van der Waals surface area contributed by atoms with Crippen LogP contribution in [0.1, 0.15) is 49.2 Å². The summed E-state index contributed by atoms with van der Waals surface area (Å²) in [5.74, 6) is 3.02. The van der Waals surface area contributed by atoms with Gasteiger partial charge in [-0.15, -0.1) is 0 Å². The second-order valence-electron chi connectivity index (χ2n) is 7.58. The fraction of sp³-hybridized carbons (Fsp3) is 0.571. The van der Waals surface area contributed by atoms with Gasteiger partial charge in [-0.3, -0.25) is 4.90 Å². The van der Waals surface area contributed by atoms with Crippen LogP contribution in [0.3, 0.4) is 0 Å². The number of rotatable bonds is 5. The molecule has 1 saturated carbocycles. The van der Waals surface area contributed by atoms with Gasteiger partial charge in [0.05, 0.1) is 12.8 Å². The zero-order valence-electron chi connectivity index (χ0n) is 15.3. The lowest BCUT2D eigenvalue weighted by molar-refractivity contribution is 0.166. The van der Waals surface area contributed by atoms with Gasteiger partial charge >= 0.3 is 0 Å². The third-order valence-corrected chi connectivity index (χ3v) is 5.78. The zero-order valence-corrected chi connectivity index (χ0v) is 15.3. The van der Waals surface area contributed by atoms with Gasteiger partial charge < -0.3 is 9.30 Å². The molecular formula is C21H29N3O. The number of fused-ring (bicyclic) bond motifs is 1. The van der Waals surface area contributed by atoms with Crippen LogP contribution >= 0.6 is 0 Å². The molecule has 0 amide bonds. The first-order valence-corrected chi connectivity index (χ1v) is 9.70. The molecule has 0 bridgehead atoms. The summed E-state index contributed by atoms with van der Waals surface area (Å²) in [6.45, 7) is 4.56. The minimum Gasteiger partial charge on any atom is -0.497 e. The molecule has 0 N–H and O–H groups in total. The molecule has 1 aromatic heterocycles. The molecular weight excluding hydrogens is 310 g/mol. The SMILES string of the molecule is COc1cccc(Cc2ncc3n2CCN(CC2CCCCC2)C3)c1. The second-order valence-corrected chi connectivity index (χ2v) is 7.58. The van der Waals surface area contributed by atoms with E-state index in [1.54, 1.807) is 7.11 Å². The molecule has 1 aliphatic carbocycles. The molecule has 4 nitrogen and oxygen atoms in total. The van der Waals surface area contributed by atoms with Crippen molar-refractivity contribution in [3.63, 3.8) is 0 Å². The lowest BCUT2D eigenvalue weighted by Crippen LogP contribution is -2.37. The highest BCUT2D eigenvalue weighted by molar-refractivity contribution is 5.30. The van der Waals surface area contributed by atoms with Crippen LogP contribution in [0.2, 0.25) is 0 Å². The molecule has 0 unspecified atom stereocenters. The first-order valence-electron chi connectivity index (χ1n) is 9.70. The van der Waals surface area contributed by atoms with E-state index in [0.29, 0.717) is 0 Å². The molecule has 134 valence electrons. The van der Waals surface area contributed by atoms with Crippen molar-refractivity contribution in [3.05, 3.63) is 47.5 Å². The number of aromatic nitrogens is 2. The van der Waals surface area contributed by atoms with Gasteiger partial charge in [0.2, 0.25) is 0 Å². The van der Waals surface area contributed by atoms with Crippen LogP contribution in [0.15, 0.2) is 30.5 Å². The van der Waals surface area contributed by atoms with Crippen molar-refractivity contribution in [1.29, 1.82) is 0 Å². The maximum absolute atomic E-state index is 5.34. The largest absolute Gasteiger partial charge is 0.497 e. The van der Waals surface area contributed by atoms with Gasteiger partial charge in [-0.05, 0) is 36.5 Å². The van der Waals surface area contributed by atoms with Gasteiger partial charge in [0.15, 0.2) is 0 Å². The molecule has 0 saturated heterocycles. The van der Waals surface area contributed by atoms with E-state index in [1.807, 2.05) is 6.07 Å². The summed E-state index contributed by atoms with van der Waals surface area (Å²) in [4.78, 5) is 7.37. The number of nitrogens with zero attached hydrogens (tertiary/aromatic N) is 3. The van der Waals surface area contributed by atoms with Crippen molar-refractivity contribution in [2.45, 2.75) is 51.6 Å². The van der Waals surface area contributed by atoms with E-state index in [-0.39, 0.29) is 0 Å². The molecule has 25 heavy (non-hydrogen) atoms. The maximum Gasteiger partial charge on any atom is 0.119 e. The Morgan fingerprint density at radius 2 is 2.04 bits per heavy atom. The van der Waals surface area contributed by atoms with Gasteiger partial charge in [0, 0.05) is 38.8 Å². The van der Waals surface area contributed by atoms with E-state index in [0.717, 1.165) is 37.7 Å². The average Bonchev–Trinajstić information content (AvgIpc) is 3.05. The van der Waals surface area contributed by atoms with Gasteiger partial charge in [-0.2, -0.15) is 0 Å². The van der Waals surface area contributed by atoms with E-state index in [9.17, 15) is 0 Å². The van der Waals surface area contributed by atoms with Gasteiger partial charge in [-0.1, -0.05) is 31.4 Å². The van der Waals surface area contributed by atoms with Crippen LogP contribution in [0.25, 0.3) is 0 Å². The molecule has 4 rings (SSSR count). The molecule has 4 heteroatoms.